The summed E-state index contributed by atoms with van der Waals surface area (Å²) in [7, 11) is 0. The van der Waals surface area contributed by atoms with Crippen LogP contribution in [0.4, 0.5) is 4.39 Å². The van der Waals surface area contributed by atoms with Crippen LogP contribution in [0.5, 0.6) is 0 Å². The van der Waals surface area contributed by atoms with Gasteiger partial charge in [0.1, 0.15) is 12.8 Å². The standard InChI is InChI=1S/C26H32FNO2.C4H10/c1-16-22(25(30)19-9-7-17(15-27)8-10-19)23(18-5-2-3-6-18)24-20(28-16)13-26(11-4-12-26)14-21(24)29;1-4(2)3/h7-10,18,21,25,29-30H,2-6,11-15H2,1H3;4H,1-3H3. The van der Waals surface area contributed by atoms with Crippen molar-refractivity contribution in [3.63, 3.8) is 0 Å². The maximum atomic E-state index is 12.9. The van der Waals surface area contributed by atoms with Gasteiger partial charge in [-0.3, -0.25) is 4.98 Å². The summed E-state index contributed by atoms with van der Waals surface area (Å²) in [5, 5.41) is 22.7. The third-order valence-electron chi connectivity index (χ3n) is 7.99. The summed E-state index contributed by atoms with van der Waals surface area (Å²) in [6.07, 6.45) is 8.72. The van der Waals surface area contributed by atoms with Gasteiger partial charge >= 0.3 is 0 Å². The monoisotopic (exact) mass is 467 g/mol. The van der Waals surface area contributed by atoms with E-state index in [1.807, 2.05) is 19.1 Å². The molecule has 3 aliphatic carbocycles. The topological polar surface area (TPSA) is 53.4 Å². The molecule has 0 amide bonds. The third kappa shape index (κ3) is 5.09. The SMILES string of the molecule is CC(C)C.Cc1nc2c(c(C3CCCC3)c1C(O)c1ccc(CF)cc1)C(O)CC1(CCC1)C2. The number of nitrogens with zero attached hydrogens (tertiary/aromatic N) is 1. The summed E-state index contributed by atoms with van der Waals surface area (Å²) >= 11 is 0. The van der Waals surface area contributed by atoms with Crippen LogP contribution in [0.15, 0.2) is 24.3 Å². The number of aliphatic hydroxyl groups excluding tert-OH is 2. The van der Waals surface area contributed by atoms with Gasteiger partial charge in [0.15, 0.2) is 0 Å². The van der Waals surface area contributed by atoms with Crippen molar-refractivity contribution in [2.24, 2.45) is 11.3 Å². The fourth-order valence-electron chi connectivity index (χ4n) is 6.28. The lowest BCUT2D eigenvalue weighted by molar-refractivity contribution is 0.0234. The Bertz CT molecular complexity index is 972. The molecule has 2 aromatic rings. The molecular formula is C30H42FNO2. The molecule has 0 aliphatic heterocycles. The molecule has 3 aliphatic rings. The van der Waals surface area contributed by atoms with Crippen LogP contribution in [0.25, 0.3) is 0 Å². The normalized spacial score (nSPS) is 22.2. The largest absolute Gasteiger partial charge is 0.388 e. The fraction of sp³-hybridized carbons (Fsp3) is 0.633. The molecule has 1 spiro atoms. The molecule has 3 nitrogen and oxygen atoms in total. The van der Waals surface area contributed by atoms with E-state index in [9.17, 15) is 14.6 Å². The quantitative estimate of drug-likeness (QED) is 0.492. The Balaban J connectivity index is 0.000000636. The Morgan fingerprint density at radius 3 is 2.18 bits per heavy atom. The van der Waals surface area contributed by atoms with E-state index in [-0.39, 0.29) is 5.41 Å². The molecule has 1 heterocycles. The highest BCUT2D eigenvalue weighted by molar-refractivity contribution is 5.49. The first-order valence-electron chi connectivity index (χ1n) is 13.3. The number of aliphatic hydroxyl groups is 2. The first-order valence-corrected chi connectivity index (χ1v) is 13.3. The van der Waals surface area contributed by atoms with Gasteiger partial charge in [0, 0.05) is 22.5 Å². The Morgan fingerprint density at radius 1 is 1.03 bits per heavy atom. The van der Waals surface area contributed by atoms with Gasteiger partial charge in [-0.1, -0.05) is 64.3 Å². The summed E-state index contributed by atoms with van der Waals surface area (Å²) in [5.74, 6) is 1.21. The second kappa shape index (κ2) is 10.5. The van der Waals surface area contributed by atoms with E-state index in [2.05, 4.69) is 20.8 Å². The zero-order chi connectivity index (χ0) is 24.5. The minimum absolute atomic E-state index is 0.237. The van der Waals surface area contributed by atoms with E-state index in [1.54, 1.807) is 12.1 Å². The van der Waals surface area contributed by atoms with Gasteiger partial charge in [0.05, 0.1) is 6.10 Å². The maximum Gasteiger partial charge on any atom is 0.115 e. The molecule has 34 heavy (non-hydrogen) atoms. The molecule has 2 N–H and O–H groups in total. The average Bonchev–Trinajstić information content (AvgIpc) is 3.31. The Labute approximate surface area is 204 Å². The first kappa shape index (κ1) is 25.3. The predicted molar refractivity (Wildman–Crippen MR) is 136 cm³/mol. The van der Waals surface area contributed by atoms with Crippen LogP contribution in [0.1, 0.15) is 129 Å². The van der Waals surface area contributed by atoms with E-state index >= 15 is 0 Å². The molecule has 1 aromatic heterocycles. The lowest BCUT2D eigenvalue weighted by Gasteiger charge is -2.47. The second-order valence-corrected chi connectivity index (χ2v) is 11.6. The van der Waals surface area contributed by atoms with E-state index in [4.69, 9.17) is 4.98 Å². The zero-order valence-electron chi connectivity index (χ0n) is 21.4. The van der Waals surface area contributed by atoms with Crippen LogP contribution in [0.2, 0.25) is 0 Å². The van der Waals surface area contributed by atoms with Gasteiger partial charge in [-0.15, -0.1) is 0 Å². The fourth-order valence-corrected chi connectivity index (χ4v) is 6.28. The van der Waals surface area contributed by atoms with E-state index in [0.29, 0.717) is 11.5 Å². The van der Waals surface area contributed by atoms with Crippen molar-refractivity contribution in [1.82, 2.24) is 4.98 Å². The molecule has 0 radical (unpaired) electrons. The summed E-state index contributed by atoms with van der Waals surface area (Å²) < 4.78 is 12.9. The minimum atomic E-state index is -0.807. The number of hydrogen-bond donors (Lipinski definition) is 2. The highest BCUT2D eigenvalue weighted by atomic mass is 19.1. The molecule has 2 saturated carbocycles. The molecule has 0 saturated heterocycles. The molecule has 1 aromatic carbocycles. The Kier molecular flexibility index (Phi) is 7.79. The maximum absolute atomic E-state index is 12.9. The molecule has 0 bridgehead atoms. The molecule has 2 fully saturated rings. The average molecular weight is 468 g/mol. The second-order valence-electron chi connectivity index (χ2n) is 11.6. The number of hydrogen-bond acceptors (Lipinski definition) is 3. The van der Waals surface area contributed by atoms with Crippen LogP contribution in [0.3, 0.4) is 0 Å². The number of pyridine rings is 1. The smallest absolute Gasteiger partial charge is 0.115 e. The van der Waals surface area contributed by atoms with Crippen molar-refractivity contribution < 1.29 is 14.6 Å². The van der Waals surface area contributed by atoms with Crippen molar-refractivity contribution in [3.8, 4) is 0 Å². The van der Waals surface area contributed by atoms with Crippen LogP contribution >= 0.6 is 0 Å². The van der Waals surface area contributed by atoms with Crippen LogP contribution < -0.4 is 0 Å². The van der Waals surface area contributed by atoms with Crippen LogP contribution in [-0.4, -0.2) is 15.2 Å². The van der Waals surface area contributed by atoms with E-state index in [0.717, 1.165) is 59.7 Å². The van der Waals surface area contributed by atoms with Gasteiger partial charge in [-0.25, -0.2) is 4.39 Å². The van der Waals surface area contributed by atoms with Gasteiger partial charge in [-0.05, 0) is 79.4 Å². The molecule has 186 valence electrons. The highest BCUT2D eigenvalue weighted by Crippen LogP contribution is 2.55. The van der Waals surface area contributed by atoms with Crippen LogP contribution in [0, 0.1) is 18.3 Å². The molecule has 2 unspecified atom stereocenters. The van der Waals surface area contributed by atoms with Gasteiger partial charge in [0.2, 0.25) is 0 Å². The highest BCUT2D eigenvalue weighted by Gasteiger charge is 2.45. The number of halogens is 1. The van der Waals surface area contributed by atoms with Crippen molar-refractivity contribution in [2.75, 3.05) is 0 Å². The number of aryl methyl sites for hydroxylation is 1. The lowest BCUT2D eigenvalue weighted by Crippen LogP contribution is -2.38. The Morgan fingerprint density at radius 2 is 1.65 bits per heavy atom. The number of fused-ring (bicyclic) bond motifs is 1. The summed E-state index contributed by atoms with van der Waals surface area (Å²) in [5.41, 5.74) is 6.61. The van der Waals surface area contributed by atoms with Gasteiger partial charge in [-0.2, -0.15) is 0 Å². The van der Waals surface area contributed by atoms with Crippen LogP contribution in [-0.2, 0) is 13.1 Å². The first-order chi connectivity index (χ1) is 16.2. The third-order valence-corrected chi connectivity index (χ3v) is 7.99. The predicted octanol–water partition coefficient (Wildman–Crippen LogP) is 7.41. The summed E-state index contributed by atoms with van der Waals surface area (Å²) in [6, 6.07) is 7.11. The van der Waals surface area contributed by atoms with Crippen molar-refractivity contribution in [3.05, 3.63) is 63.5 Å². The Hall–Kier alpha value is -1.78. The van der Waals surface area contributed by atoms with Crippen molar-refractivity contribution in [2.45, 2.75) is 110 Å². The zero-order valence-corrected chi connectivity index (χ0v) is 21.4. The van der Waals surface area contributed by atoms with Gasteiger partial charge in [0.25, 0.3) is 0 Å². The van der Waals surface area contributed by atoms with Crippen molar-refractivity contribution in [1.29, 1.82) is 0 Å². The molecule has 2 atom stereocenters. The lowest BCUT2D eigenvalue weighted by atomic mass is 9.59. The summed E-state index contributed by atoms with van der Waals surface area (Å²) in [4.78, 5) is 4.97. The van der Waals surface area contributed by atoms with Crippen molar-refractivity contribution >= 4 is 0 Å². The van der Waals surface area contributed by atoms with E-state index < -0.39 is 18.9 Å². The number of rotatable bonds is 4. The minimum Gasteiger partial charge on any atom is -0.388 e. The number of benzene rings is 1. The van der Waals surface area contributed by atoms with Gasteiger partial charge < -0.3 is 10.2 Å². The number of alkyl halides is 1. The molecule has 4 heteroatoms. The number of aromatic nitrogens is 1. The summed E-state index contributed by atoms with van der Waals surface area (Å²) in [6.45, 7) is 8.00. The molecule has 5 rings (SSSR count). The molecular weight excluding hydrogens is 425 g/mol. The van der Waals surface area contributed by atoms with E-state index in [1.165, 1.54) is 37.7 Å².